The molecule has 0 amide bonds. The van der Waals surface area contributed by atoms with E-state index in [2.05, 4.69) is 22.6 Å². The van der Waals surface area contributed by atoms with Gasteiger partial charge in [-0.3, -0.25) is 4.79 Å². The Kier molecular flexibility index (Phi) is 3.14. The summed E-state index contributed by atoms with van der Waals surface area (Å²) in [7, 11) is 1.96. The Morgan fingerprint density at radius 2 is 2.25 bits per heavy atom. The lowest BCUT2D eigenvalue weighted by Gasteiger charge is -2.01. The van der Waals surface area contributed by atoms with Crippen LogP contribution in [0.3, 0.4) is 0 Å². The molecule has 62 valence electrons. The Balaban J connectivity index is 2.97. The molecule has 1 aromatic rings. The highest BCUT2D eigenvalue weighted by molar-refractivity contribution is 14.1. The van der Waals surface area contributed by atoms with E-state index >= 15 is 0 Å². The normalized spacial score (nSPS) is 9.75. The van der Waals surface area contributed by atoms with Crippen molar-refractivity contribution in [3.05, 3.63) is 27.3 Å². The van der Waals surface area contributed by atoms with Crippen molar-refractivity contribution >= 4 is 41.9 Å². The minimum atomic E-state index is -0.779. The molecule has 0 aliphatic carbocycles. The van der Waals surface area contributed by atoms with Crippen molar-refractivity contribution in [2.24, 2.45) is 0 Å². The van der Waals surface area contributed by atoms with E-state index in [4.69, 9.17) is 5.11 Å². The minimum Gasteiger partial charge on any atom is -0.481 e. The smallest absolute Gasteiger partial charge is 0.307 e. The summed E-state index contributed by atoms with van der Waals surface area (Å²) in [6.07, 6.45) is 0.111. The summed E-state index contributed by atoms with van der Waals surface area (Å²) < 4.78 is 1.01. The molecule has 0 unspecified atom stereocenters. The van der Waals surface area contributed by atoms with Gasteiger partial charge in [-0.1, -0.05) is 17.6 Å². The number of carboxylic acid groups (broad SMARTS) is 1. The average Bonchev–Trinajstić information content (AvgIpc) is 1.96. The summed E-state index contributed by atoms with van der Waals surface area (Å²) in [6, 6.07) is 5.83. The summed E-state index contributed by atoms with van der Waals surface area (Å²) in [5, 5.41) is 8.58. The van der Waals surface area contributed by atoms with Crippen LogP contribution in [0.5, 0.6) is 0 Å². The van der Waals surface area contributed by atoms with E-state index in [1.165, 1.54) is 0 Å². The molecule has 1 rings (SSSR count). The molecule has 1 N–H and O–H groups in total. The Morgan fingerprint density at radius 3 is 2.83 bits per heavy atom. The first-order valence-corrected chi connectivity index (χ1v) is 4.64. The zero-order valence-electron chi connectivity index (χ0n) is 6.67. The Bertz CT molecular complexity index is 312. The van der Waals surface area contributed by atoms with Crippen LogP contribution in [0.4, 0.5) is 0 Å². The molecule has 0 heterocycles. The highest BCUT2D eigenvalue weighted by Crippen LogP contribution is 2.10. The third kappa shape index (κ3) is 2.51. The van der Waals surface area contributed by atoms with Crippen LogP contribution in [0, 0.1) is 3.57 Å². The second-order valence-electron chi connectivity index (χ2n) is 2.67. The van der Waals surface area contributed by atoms with Crippen molar-refractivity contribution < 1.29 is 9.90 Å². The zero-order chi connectivity index (χ0) is 9.14. The van der Waals surface area contributed by atoms with Gasteiger partial charge in [0.1, 0.15) is 7.85 Å². The molecule has 0 saturated heterocycles. The standard InChI is InChI=1S/C8H8BIO2/c9-6-1-2-7(10)5(3-6)4-8(11)12/h1-3H,4,9H2,(H,11,12). The molecule has 0 aliphatic heterocycles. The van der Waals surface area contributed by atoms with Crippen molar-refractivity contribution in [1.29, 1.82) is 0 Å². The zero-order valence-corrected chi connectivity index (χ0v) is 8.83. The first-order valence-electron chi connectivity index (χ1n) is 3.56. The van der Waals surface area contributed by atoms with Crippen LogP contribution >= 0.6 is 22.6 Å². The number of rotatable bonds is 2. The second kappa shape index (κ2) is 3.93. The molecule has 12 heavy (non-hydrogen) atoms. The van der Waals surface area contributed by atoms with E-state index in [1.54, 1.807) is 0 Å². The number of benzene rings is 1. The fourth-order valence-electron chi connectivity index (χ4n) is 1.00. The van der Waals surface area contributed by atoms with E-state index in [-0.39, 0.29) is 6.42 Å². The molecule has 0 radical (unpaired) electrons. The molecular formula is C8H8BIO2. The van der Waals surface area contributed by atoms with E-state index < -0.39 is 5.97 Å². The number of hydrogen-bond donors (Lipinski definition) is 1. The number of hydrogen-bond acceptors (Lipinski definition) is 1. The van der Waals surface area contributed by atoms with E-state index in [0.717, 1.165) is 14.6 Å². The van der Waals surface area contributed by atoms with Crippen LogP contribution in [0.25, 0.3) is 0 Å². The number of aliphatic carboxylic acids is 1. The molecule has 0 fully saturated rings. The lowest BCUT2D eigenvalue weighted by molar-refractivity contribution is -0.136. The Labute approximate surface area is 85.5 Å². The molecule has 2 nitrogen and oxygen atoms in total. The van der Waals surface area contributed by atoms with Gasteiger partial charge >= 0.3 is 5.97 Å². The minimum absolute atomic E-state index is 0.111. The molecule has 0 saturated carbocycles. The molecule has 0 aliphatic rings. The topological polar surface area (TPSA) is 37.3 Å². The predicted octanol–water partition coefficient (Wildman–Crippen LogP) is 0.177. The predicted molar refractivity (Wildman–Crippen MR) is 58.7 cm³/mol. The first kappa shape index (κ1) is 9.57. The third-order valence-corrected chi connectivity index (χ3v) is 2.60. The van der Waals surface area contributed by atoms with Gasteiger partial charge in [-0.05, 0) is 34.2 Å². The SMILES string of the molecule is Bc1ccc(I)c(CC(=O)O)c1. The summed E-state index contributed by atoms with van der Waals surface area (Å²) in [4.78, 5) is 10.4. The summed E-state index contributed by atoms with van der Waals surface area (Å²) in [5.74, 6) is -0.779. The lowest BCUT2D eigenvalue weighted by atomic mass is 9.94. The highest BCUT2D eigenvalue weighted by Gasteiger charge is 2.04. The number of halogens is 1. The van der Waals surface area contributed by atoms with E-state index in [9.17, 15) is 4.79 Å². The Morgan fingerprint density at radius 1 is 1.58 bits per heavy atom. The van der Waals surface area contributed by atoms with Crippen LogP contribution in [0.15, 0.2) is 18.2 Å². The number of carboxylic acids is 1. The van der Waals surface area contributed by atoms with Gasteiger partial charge in [-0.15, -0.1) is 0 Å². The maximum Gasteiger partial charge on any atom is 0.307 e. The fraction of sp³-hybridized carbons (Fsp3) is 0.125. The quantitative estimate of drug-likeness (QED) is 0.617. The van der Waals surface area contributed by atoms with Crippen molar-refractivity contribution in [1.82, 2.24) is 0 Å². The largest absolute Gasteiger partial charge is 0.481 e. The van der Waals surface area contributed by atoms with Crippen LogP contribution in [-0.2, 0) is 11.2 Å². The molecule has 1 aromatic carbocycles. The Hall–Kier alpha value is -0.515. The van der Waals surface area contributed by atoms with Crippen molar-refractivity contribution in [2.45, 2.75) is 6.42 Å². The molecule has 0 bridgehead atoms. The maximum absolute atomic E-state index is 10.4. The highest BCUT2D eigenvalue weighted by atomic mass is 127. The number of carbonyl (C=O) groups is 1. The summed E-state index contributed by atoms with van der Waals surface area (Å²) in [6.45, 7) is 0. The molecule has 0 atom stereocenters. The van der Waals surface area contributed by atoms with Crippen molar-refractivity contribution in [3.8, 4) is 0 Å². The second-order valence-corrected chi connectivity index (χ2v) is 3.83. The van der Waals surface area contributed by atoms with Crippen LogP contribution in [0.2, 0.25) is 0 Å². The third-order valence-electron chi connectivity index (χ3n) is 1.54. The van der Waals surface area contributed by atoms with Gasteiger partial charge in [-0.25, -0.2) is 0 Å². The van der Waals surface area contributed by atoms with Crippen molar-refractivity contribution in [3.63, 3.8) is 0 Å². The first-order chi connectivity index (χ1) is 5.59. The molecular weight excluding hydrogens is 266 g/mol. The molecule has 0 spiro atoms. The van der Waals surface area contributed by atoms with Crippen molar-refractivity contribution in [2.75, 3.05) is 0 Å². The van der Waals surface area contributed by atoms with E-state index in [1.807, 2.05) is 26.0 Å². The fourth-order valence-corrected chi connectivity index (χ4v) is 1.53. The van der Waals surface area contributed by atoms with Gasteiger partial charge < -0.3 is 5.11 Å². The van der Waals surface area contributed by atoms with E-state index in [0.29, 0.717) is 0 Å². The van der Waals surface area contributed by atoms with Crippen LogP contribution < -0.4 is 5.46 Å². The molecule has 4 heteroatoms. The van der Waals surface area contributed by atoms with Crippen LogP contribution in [-0.4, -0.2) is 18.9 Å². The average molecular weight is 274 g/mol. The maximum atomic E-state index is 10.4. The van der Waals surface area contributed by atoms with Gasteiger partial charge in [0, 0.05) is 3.57 Å². The monoisotopic (exact) mass is 274 g/mol. The lowest BCUT2D eigenvalue weighted by Crippen LogP contribution is -2.08. The van der Waals surface area contributed by atoms with Crippen LogP contribution in [0.1, 0.15) is 5.56 Å². The van der Waals surface area contributed by atoms with Gasteiger partial charge in [0.2, 0.25) is 0 Å². The molecule has 0 aromatic heterocycles. The van der Waals surface area contributed by atoms with Gasteiger partial charge in [-0.2, -0.15) is 0 Å². The van der Waals surface area contributed by atoms with Gasteiger partial charge in [0.15, 0.2) is 0 Å². The van der Waals surface area contributed by atoms with Gasteiger partial charge in [0.25, 0.3) is 0 Å². The summed E-state index contributed by atoms with van der Waals surface area (Å²) in [5.41, 5.74) is 2.00. The summed E-state index contributed by atoms with van der Waals surface area (Å²) >= 11 is 2.15. The van der Waals surface area contributed by atoms with Gasteiger partial charge in [0.05, 0.1) is 6.42 Å².